The van der Waals surface area contributed by atoms with Gasteiger partial charge in [-0.25, -0.2) is 9.78 Å². The summed E-state index contributed by atoms with van der Waals surface area (Å²) in [5.41, 5.74) is 2.17. The molecular formula is C20H23N3O3. The highest BCUT2D eigenvalue weighted by molar-refractivity contribution is 5.89. The topological polar surface area (TPSA) is 72.4 Å². The Morgan fingerprint density at radius 3 is 2.50 bits per heavy atom. The highest BCUT2D eigenvalue weighted by Gasteiger charge is 2.24. The van der Waals surface area contributed by atoms with Crippen LogP contribution < -0.4 is 0 Å². The molecule has 0 radical (unpaired) electrons. The van der Waals surface area contributed by atoms with Crippen LogP contribution in [0.1, 0.15) is 34.6 Å². The average Bonchev–Trinajstić information content (AvgIpc) is 2.68. The first-order valence-corrected chi connectivity index (χ1v) is 8.89. The van der Waals surface area contributed by atoms with Crippen LogP contribution in [0.3, 0.4) is 0 Å². The number of aromatic nitrogens is 2. The van der Waals surface area contributed by atoms with E-state index < -0.39 is 5.97 Å². The minimum absolute atomic E-state index is 0.116. The minimum atomic E-state index is -0.621. The maximum atomic E-state index is 12.3. The molecule has 2 heterocycles. The predicted molar refractivity (Wildman–Crippen MR) is 96.5 cm³/mol. The second-order valence-corrected chi connectivity index (χ2v) is 6.63. The Kier molecular flexibility index (Phi) is 5.94. The van der Waals surface area contributed by atoms with Gasteiger partial charge in [0.05, 0.1) is 11.9 Å². The number of piperidine rings is 1. The number of aryl methyl sites for hydroxylation is 1. The van der Waals surface area contributed by atoms with E-state index in [-0.39, 0.29) is 18.2 Å². The lowest BCUT2D eigenvalue weighted by molar-refractivity contribution is -0.135. The summed E-state index contributed by atoms with van der Waals surface area (Å²) in [6, 6.07) is 10.4. The molecule has 0 N–H and O–H groups in total. The van der Waals surface area contributed by atoms with Crippen LogP contribution in [-0.4, -0.2) is 46.4 Å². The van der Waals surface area contributed by atoms with Crippen molar-refractivity contribution in [3.63, 3.8) is 0 Å². The Bertz CT molecular complexity index is 739. The van der Waals surface area contributed by atoms with E-state index in [0.29, 0.717) is 19.0 Å². The number of amides is 1. The van der Waals surface area contributed by atoms with Gasteiger partial charge in [-0.15, -0.1) is 0 Å². The van der Waals surface area contributed by atoms with Crippen molar-refractivity contribution in [1.82, 2.24) is 14.9 Å². The third kappa shape index (κ3) is 4.88. The van der Waals surface area contributed by atoms with Gasteiger partial charge in [-0.1, -0.05) is 30.3 Å². The summed E-state index contributed by atoms with van der Waals surface area (Å²) < 4.78 is 5.07. The number of nitrogens with zero attached hydrogens (tertiary/aromatic N) is 3. The van der Waals surface area contributed by atoms with Crippen molar-refractivity contribution >= 4 is 11.9 Å². The molecule has 2 aromatic rings. The molecule has 0 spiro atoms. The second kappa shape index (κ2) is 8.56. The molecule has 0 unspecified atom stereocenters. The lowest BCUT2D eigenvalue weighted by Gasteiger charge is -2.32. The maximum Gasteiger partial charge on any atom is 0.359 e. The molecule has 26 heavy (non-hydrogen) atoms. The molecule has 1 amide bonds. The van der Waals surface area contributed by atoms with Crippen molar-refractivity contribution in [2.75, 3.05) is 19.7 Å². The first kappa shape index (κ1) is 18.0. The SMILES string of the molecule is Cc1cnc(C(=O)OCC(=O)N2CCC(Cc3ccccc3)CC2)cn1. The Morgan fingerprint density at radius 2 is 1.85 bits per heavy atom. The van der Waals surface area contributed by atoms with Crippen LogP contribution in [0.15, 0.2) is 42.7 Å². The summed E-state index contributed by atoms with van der Waals surface area (Å²) in [4.78, 5) is 33.9. The van der Waals surface area contributed by atoms with Gasteiger partial charge < -0.3 is 9.64 Å². The van der Waals surface area contributed by atoms with Gasteiger partial charge >= 0.3 is 5.97 Å². The van der Waals surface area contributed by atoms with Gasteiger partial charge in [-0.05, 0) is 37.7 Å². The number of likely N-dealkylation sites (tertiary alicyclic amines) is 1. The zero-order chi connectivity index (χ0) is 18.4. The first-order chi connectivity index (χ1) is 12.6. The predicted octanol–water partition coefficient (Wildman–Crippen LogP) is 2.42. The molecule has 1 saturated heterocycles. The fourth-order valence-corrected chi connectivity index (χ4v) is 3.12. The van der Waals surface area contributed by atoms with Crippen molar-refractivity contribution in [1.29, 1.82) is 0 Å². The van der Waals surface area contributed by atoms with E-state index in [1.54, 1.807) is 11.8 Å². The summed E-state index contributed by atoms with van der Waals surface area (Å²) in [6.45, 7) is 2.95. The summed E-state index contributed by atoms with van der Waals surface area (Å²) in [5.74, 6) is -0.187. The van der Waals surface area contributed by atoms with Gasteiger partial charge in [0.25, 0.3) is 5.91 Å². The molecule has 1 aromatic heterocycles. The summed E-state index contributed by atoms with van der Waals surface area (Å²) >= 11 is 0. The molecular weight excluding hydrogens is 330 g/mol. The number of hydrogen-bond acceptors (Lipinski definition) is 5. The molecule has 6 nitrogen and oxygen atoms in total. The number of ether oxygens (including phenoxy) is 1. The number of carbonyl (C=O) groups excluding carboxylic acids is 2. The quantitative estimate of drug-likeness (QED) is 0.772. The Morgan fingerprint density at radius 1 is 1.12 bits per heavy atom. The number of hydrogen-bond donors (Lipinski definition) is 0. The van der Waals surface area contributed by atoms with Gasteiger partial charge in [-0.2, -0.15) is 0 Å². The Labute approximate surface area is 153 Å². The minimum Gasteiger partial charge on any atom is -0.451 e. The monoisotopic (exact) mass is 353 g/mol. The molecule has 1 aliphatic heterocycles. The largest absolute Gasteiger partial charge is 0.451 e. The number of benzene rings is 1. The fraction of sp³-hybridized carbons (Fsp3) is 0.400. The van der Waals surface area contributed by atoms with Crippen molar-refractivity contribution in [3.8, 4) is 0 Å². The van der Waals surface area contributed by atoms with Gasteiger partial charge in [0.1, 0.15) is 0 Å². The van der Waals surface area contributed by atoms with Crippen molar-refractivity contribution in [2.24, 2.45) is 5.92 Å². The van der Waals surface area contributed by atoms with Crippen molar-refractivity contribution in [3.05, 3.63) is 59.7 Å². The normalized spacial score (nSPS) is 14.9. The number of rotatable bonds is 5. The number of esters is 1. The van der Waals surface area contributed by atoms with Gasteiger partial charge in [0, 0.05) is 19.3 Å². The third-order valence-electron chi connectivity index (χ3n) is 4.65. The van der Waals surface area contributed by atoms with Crippen molar-refractivity contribution < 1.29 is 14.3 Å². The van der Waals surface area contributed by atoms with E-state index in [1.165, 1.54) is 18.0 Å². The Hall–Kier alpha value is -2.76. The molecule has 0 bridgehead atoms. The second-order valence-electron chi connectivity index (χ2n) is 6.63. The van der Waals surface area contributed by atoms with E-state index >= 15 is 0 Å². The standard InChI is InChI=1S/C20H23N3O3/c1-15-12-22-18(13-21-15)20(25)26-14-19(24)23-9-7-17(8-10-23)11-16-5-3-2-4-6-16/h2-6,12-13,17H,7-11,14H2,1H3. The lowest BCUT2D eigenvalue weighted by atomic mass is 9.90. The third-order valence-corrected chi connectivity index (χ3v) is 4.65. The average molecular weight is 353 g/mol. The molecule has 1 aromatic carbocycles. The van der Waals surface area contributed by atoms with Gasteiger partial charge in [0.15, 0.2) is 12.3 Å². The van der Waals surface area contributed by atoms with E-state index in [9.17, 15) is 9.59 Å². The molecule has 0 saturated carbocycles. The van der Waals surface area contributed by atoms with Crippen LogP contribution in [0.25, 0.3) is 0 Å². The van der Waals surface area contributed by atoms with Crippen molar-refractivity contribution in [2.45, 2.75) is 26.2 Å². The van der Waals surface area contributed by atoms with Crippen LogP contribution in [0.5, 0.6) is 0 Å². The van der Waals surface area contributed by atoms with Crippen LogP contribution in [0.2, 0.25) is 0 Å². The van der Waals surface area contributed by atoms with Crippen LogP contribution in [-0.2, 0) is 16.0 Å². The summed E-state index contributed by atoms with van der Waals surface area (Å²) in [6.07, 6.45) is 5.84. The molecule has 0 aliphatic carbocycles. The van der Waals surface area contributed by atoms with E-state index in [2.05, 4.69) is 34.2 Å². The molecule has 1 fully saturated rings. The van der Waals surface area contributed by atoms with Gasteiger partial charge in [0.2, 0.25) is 0 Å². The zero-order valence-electron chi connectivity index (χ0n) is 14.9. The zero-order valence-corrected chi connectivity index (χ0v) is 14.9. The molecule has 1 aliphatic rings. The summed E-state index contributed by atoms with van der Waals surface area (Å²) in [5, 5.41) is 0. The lowest BCUT2D eigenvalue weighted by Crippen LogP contribution is -2.41. The highest BCUT2D eigenvalue weighted by Crippen LogP contribution is 2.21. The maximum absolute atomic E-state index is 12.3. The van der Waals surface area contributed by atoms with E-state index in [0.717, 1.165) is 25.0 Å². The van der Waals surface area contributed by atoms with Crippen LogP contribution in [0.4, 0.5) is 0 Å². The van der Waals surface area contributed by atoms with E-state index in [4.69, 9.17) is 4.74 Å². The molecule has 6 heteroatoms. The Balaban J connectivity index is 1.42. The summed E-state index contributed by atoms with van der Waals surface area (Å²) in [7, 11) is 0. The number of carbonyl (C=O) groups is 2. The van der Waals surface area contributed by atoms with Crippen LogP contribution >= 0.6 is 0 Å². The van der Waals surface area contributed by atoms with Gasteiger partial charge in [-0.3, -0.25) is 9.78 Å². The smallest absolute Gasteiger partial charge is 0.359 e. The molecule has 3 rings (SSSR count). The molecule has 0 atom stereocenters. The molecule has 136 valence electrons. The van der Waals surface area contributed by atoms with E-state index in [1.807, 2.05) is 6.07 Å². The first-order valence-electron chi connectivity index (χ1n) is 8.89. The fourth-order valence-electron chi connectivity index (χ4n) is 3.12. The highest BCUT2D eigenvalue weighted by atomic mass is 16.5. The van der Waals surface area contributed by atoms with Crippen LogP contribution in [0, 0.1) is 12.8 Å².